The minimum Gasteiger partial charge on any atom is -0.278 e. The number of aromatic nitrogens is 4. The number of benzene rings is 2. The van der Waals surface area contributed by atoms with Gasteiger partial charge in [0.2, 0.25) is 0 Å². The van der Waals surface area contributed by atoms with Crippen molar-refractivity contribution < 1.29 is 0 Å². The van der Waals surface area contributed by atoms with Crippen LogP contribution in [0.1, 0.15) is 0 Å². The summed E-state index contributed by atoms with van der Waals surface area (Å²) in [4.78, 5) is 0. The summed E-state index contributed by atoms with van der Waals surface area (Å²) in [5.74, 6) is 0. The van der Waals surface area contributed by atoms with Gasteiger partial charge in [0.05, 0.1) is 17.2 Å². The first kappa shape index (κ1) is 15.0. The number of nitrogens with zero attached hydrogens (tertiary/aromatic N) is 2. The summed E-state index contributed by atoms with van der Waals surface area (Å²) in [5, 5.41) is 16.1. The molecule has 0 amide bonds. The lowest BCUT2D eigenvalue weighted by Crippen LogP contribution is -1.68. The zero-order valence-corrected chi connectivity index (χ0v) is 15.9. The molecule has 0 spiro atoms. The number of fused-ring (bicyclic) bond motifs is 2. The Kier molecular flexibility index (Phi) is 4.60. The molecule has 2 N–H and O–H groups in total. The highest BCUT2D eigenvalue weighted by atomic mass is 127. The van der Waals surface area contributed by atoms with E-state index in [0.717, 1.165) is 29.1 Å². The fraction of sp³-hybridized carbons (Fsp3) is 0. The van der Waals surface area contributed by atoms with E-state index in [1.165, 1.54) is 5.39 Å². The van der Waals surface area contributed by atoms with Crippen molar-refractivity contribution in [3.05, 3.63) is 55.2 Å². The molecule has 2 heterocycles. The smallest absolute Gasteiger partial charge is 0.104 e. The summed E-state index contributed by atoms with van der Waals surface area (Å²) >= 11 is 9.01. The lowest BCUT2D eigenvalue weighted by molar-refractivity contribution is 1.09. The average Bonchev–Trinajstić information content (AvgIpc) is 3.06. The van der Waals surface area contributed by atoms with Gasteiger partial charge in [-0.15, -0.1) is 0 Å². The molecule has 0 saturated heterocycles. The van der Waals surface area contributed by atoms with Gasteiger partial charge in [-0.1, -0.05) is 31.9 Å². The molecule has 21 heavy (non-hydrogen) atoms. The Morgan fingerprint density at radius 3 is 2.57 bits per heavy atom. The quantitative estimate of drug-likeness (QED) is 0.312. The Balaban J connectivity index is 0.000000126. The van der Waals surface area contributed by atoms with Crippen molar-refractivity contribution in [2.24, 2.45) is 0 Å². The Labute approximate surface area is 151 Å². The average molecular weight is 520 g/mol. The number of aromatic amines is 2. The minimum atomic E-state index is 1.01. The van der Waals surface area contributed by atoms with Crippen LogP contribution in [0.5, 0.6) is 0 Å². The molecule has 2 aromatic heterocycles. The summed E-state index contributed by atoms with van der Waals surface area (Å²) in [6.07, 6.45) is 1.81. The zero-order chi connectivity index (χ0) is 14.8. The molecule has 0 aliphatic carbocycles. The normalized spacial score (nSPS) is 10.6. The van der Waals surface area contributed by atoms with Gasteiger partial charge in [0, 0.05) is 19.7 Å². The summed E-state index contributed by atoms with van der Waals surface area (Å²) in [6.45, 7) is 0. The summed E-state index contributed by atoms with van der Waals surface area (Å²) in [6, 6.07) is 12.0. The molecular weight excluding hydrogens is 511 g/mol. The van der Waals surface area contributed by atoms with Gasteiger partial charge < -0.3 is 0 Å². The second-order valence-corrected chi connectivity index (χ2v) is 7.21. The minimum absolute atomic E-state index is 1.01. The van der Waals surface area contributed by atoms with E-state index in [4.69, 9.17) is 0 Å². The predicted octanol–water partition coefficient (Wildman–Crippen LogP) is 5.26. The van der Waals surface area contributed by atoms with E-state index in [0.29, 0.717) is 0 Å². The van der Waals surface area contributed by atoms with Crippen LogP contribution < -0.4 is 0 Å². The highest BCUT2D eigenvalue weighted by Crippen LogP contribution is 2.21. The maximum atomic E-state index is 4.11. The molecule has 0 aliphatic heterocycles. The van der Waals surface area contributed by atoms with E-state index in [1.54, 1.807) is 6.20 Å². The molecular formula is C14H9Br2IN4. The zero-order valence-electron chi connectivity index (χ0n) is 10.6. The van der Waals surface area contributed by atoms with Crippen molar-refractivity contribution in [3.8, 4) is 0 Å². The molecule has 7 heteroatoms. The van der Waals surface area contributed by atoms with E-state index in [-0.39, 0.29) is 0 Å². The number of nitrogens with one attached hydrogen (secondary N) is 2. The molecule has 0 aliphatic rings. The Morgan fingerprint density at radius 2 is 1.71 bits per heavy atom. The molecule has 106 valence electrons. The van der Waals surface area contributed by atoms with Crippen LogP contribution in [0.15, 0.2) is 51.5 Å². The van der Waals surface area contributed by atoms with Gasteiger partial charge in [-0.3, -0.25) is 10.2 Å². The van der Waals surface area contributed by atoms with Gasteiger partial charge in [-0.2, -0.15) is 10.2 Å². The summed E-state index contributed by atoms with van der Waals surface area (Å²) in [7, 11) is 0. The maximum absolute atomic E-state index is 4.11. The van der Waals surface area contributed by atoms with Crippen LogP contribution >= 0.6 is 54.5 Å². The third-order valence-corrected chi connectivity index (χ3v) is 4.68. The van der Waals surface area contributed by atoms with E-state index >= 15 is 0 Å². The van der Waals surface area contributed by atoms with Gasteiger partial charge >= 0.3 is 0 Å². The standard InChI is InChI=1S/C7H4BrIN2.C7H5BrN2/c8-4-1-2-6-5(3-4)7(9)11-10-6;8-6-1-2-7-5(3-6)4-9-10-7/h1-3H,(H,10,11);1-4H,(H,9,10). The molecule has 0 bridgehead atoms. The Hall–Kier alpha value is -0.930. The summed E-state index contributed by atoms with van der Waals surface area (Å²) < 4.78 is 3.25. The van der Waals surface area contributed by atoms with Crippen LogP contribution in [-0.4, -0.2) is 20.4 Å². The van der Waals surface area contributed by atoms with Crippen LogP contribution in [0.25, 0.3) is 21.8 Å². The third-order valence-electron chi connectivity index (χ3n) is 2.87. The molecule has 4 aromatic rings. The van der Waals surface area contributed by atoms with Gasteiger partial charge in [-0.25, -0.2) is 0 Å². The van der Waals surface area contributed by atoms with Gasteiger partial charge in [0.1, 0.15) is 3.70 Å². The number of hydrogen-bond donors (Lipinski definition) is 2. The molecule has 0 radical (unpaired) electrons. The monoisotopic (exact) mass is 518 g/mol. The molecule has 0 fully saturated rings. The highest BCUT2D eigenvalue weighted by Gasteiger charge is 2.01. The number of halogens is 3. The lowest BCUT2D eigenvalue weighted by atomic mass is 10.3. The topological polar surface area (TPSA) is 57.4 Å². The second kappa shape index (κ2) is 6.45. The largest absolute Gasteiger partial charge is 0.278 e. The fourth-order valence-electron chi connectivity index (χ4n) is 1.86. The van der Waals surface area contributed by atoms with E-state index < -0.39 is 0 Å². The van der Waals surface area contributed by atoms with E-state index in [9.17, 15) is 0 Å². The fourth-order valence-corrected chi connectivity index (χ4v) is 3.16. The van der Waals surface area contributed by atoms with Gasteiger partial charge in [0.25, 0.3) is 0 Å². The number of H-pyrrole nitrogens is 2. The SMILES string of the molecule is Brc1ccc2[nH]ncc2c1.Brc1ccc2n[nH]c(I)c2c1. The van der Waals surface area contributed by atoms with Crippen molar-refractivity contribution in [2.45, 2.75) is 0 Å². The van der Waals surface area contributed by atoms with Crippen LogP contribution in [0.3, 0.4) is 0 Å². The molecule has 0 unspecified atom stereocenters. The number of rotatable bonds is 0. The van der Waals surface area contributed by atoms with Crippen molar-refractivity contribution in [1.82, 2.24) is 20.4 Å². The third kappa shape index (κ3) is 3.46. The van der Waals surface area contributed by atoms with E-state index in [1.807, 2.05) is 30.3 Å². The highest BCUT2D eigenvalue weighted by molar-refractivity contribution is 14.1. The van der Waals surface area contributed by atoms with Crippen molar-refractivity contribution in [3.63, 3.8) is 0 Å². The van der Waals surface area contributed by atoms with Crippen LogP contribution in [-0.2, 0) is 0 Å². The first-order valence-electron chi connectivity index (χ1n) is 6.01. The lowest BCUT2D eigenvalue weighted by Gasteiger charge is -1.88. The molecule has 2 aromatic carbocycles. The van der Waals surface area contributed by atoms with Crippen LogP contribution in [0, 0.1) is 3.70 Å². The first-order valence-corrected chi connectivity index (χ1v) is 8.68. The Morgan fingerprint density at radius 1 is 0.952 bits per heavy atom. The van der Waals surface area contributed by atoms with Crippen molar-refractivity contribution in [1.29, 1.82) is 0 Å². The van der Waals surface area contributed by atoms with Crippen LogP contribution in [0.2, 0.25) is 0 Å². The molecule has 0 saturated carbocycles. The predicted molar refractivity (Wildman–Crippen MR) is 100 cm³/mol. The molecule has 4 rings (SSSR count). The number of hydrogen-bond acceptors (Lipinski definition) is 2. The first-order chi connectivity index (χ1) is 10.1. The maximum Gasteiger partial charge on any atom is 0.104 e. The molecule has 0 atom stereocenters. The van der Waals surface area contributed by atoms with Crippen molar-refractivity contribution in [2.75, 3.05) is 0 Å². The van der Waals surface area contributed by atoms with E-state index in [2.05, 4.69) is 80.9 Å². The second-order valence-electron chi connectivity index (χ2n) is 4.30. The Bertz CT molecular complexity index is 900. The summed E-state index contributed by atoms with van der Waals surface area (Å²) in [5.41, 5.74) is 2.08. The van der Waals surface area contributed by atoms with Crippen molar-refractivity contribution >= 4 is 76.3 Å². The van der Waals surface area contributed by atoms with Gasteiger partial charge in [-0.05, 0) is 59.0 Å². The van der Waals surface area contributed by atoms with Crippen LogP contribution in [0.4, 0.5) is 0 Å². The van der Waals surface area contributed by atoms with Gasteiger partial charge in [0.15, 0.2) is 0 Å². The molecule has 4 nitrogen and oxygen atoms in total.